The molecule has 0 bridgehead atoms. The molecule has 0 aliphatic heterocycles. The third-order valence-electron chi connectivity index (χ3n) is 3.43. The van der Waals surface area contributed by atoms with Crippen LogP contribution in [-0.4, -0.2) is 31.7 Å². The van der Waals surface area contributed by atoms with Crippen LogP contribution in [0.1, 0.15) is 22.0 Å². The van der Waals surface area contributed by atoms with Crippen molar-refractivity contribution in [3.63, 3.8) is 0 Å². The summed E-state index contributed by atoms with van der Waals surface area (Å²) in [5.74, 6) is -2.37. The van der Waals surface area contributed by atoms with E-state index in [2.05, 4.69) is 5.32 Å². The van der Waals surface area contributed by atoms with Crippen molar-refractivity contribution >= 4 is 11.6 Å². The predicted molar refractivity (Wildman–Crippen MR) is 84.4 cm³/mol. The minimum Gasteiger partial charge on any atom is -0.387 e. The molecular weight excluding hydrogens is 302 g/mol. The van der Waals surface area contributed by atoms with Gasteiger partial charge in [0.05, 0.1) is 6.10 Å². The van der Waals surface area contributed by atoms with E-state index in [-0.39, 0.29) is 18.0 Å². The number of aliphatic hydroxyl groups is 1. The molecule has 0 aliphatic carbocycles. The maximum Gasteiger partial charge on any atom is 0.251 e. The summed E-state index contributed by atoms with van der Waals surface area (Å²) in [6.07, 6.45) is -1.12. The van der Waals surface area contributed by atoms with Gasteiger partial charge in [0.1, 0.15) is 0 Å². The van der Waals surface area contributed by atoms with Crippen LogP contribution in [0.25, 0.3) is 0 Å². The van der Waals surface area contributed by atoms with Gasteiger partial charge >= 0.3 is 0 Å². The second-order valence-corrected chi connectivity index (χ2v) is 5.34. The van der Waals surface area contributed by atoms with Crippen LogP contribution < -0.4 is 10.2 Å². The summed E-state index contributed by atoms with van der Waals surface area (Å²) in [4.78, 5) is 13.9. The number of carbonyl (C=O) groups is 1. The van der Waals surface area contributed by atoms with Crippen LogP contribution in [0.4, 0.5) is 14.5 Å². The number of aliphatic hydroxyl groups excluding tert-OH is 1. The zero-order valence-corrected chi connectivity index (χ0v) is 12.9. The highest BCUT2D eigenvalue weighted by Gasteiger charge is 2.13. The number of nitrogens with one attached hydrogen (secondary N) is 1. The van der Waals surface area contributed by atoms with Crippen molar-refractivity contribution in [2.75, 3.05) is 25.5 Å². The Balaban J connectivity index is 1.96. The number of nitrogens with zero attached hydrogens (tertiary/aromatic N) is 1. The summed E-state index contributed by atoms with van der Waals surface area (Å²) in [6.45, 7) is -0.0979. The van der Waals surface area contributed by atoms with Crippen molar-refractivity contribution in [1.29, 1.82) is 0 Å². The van der Waals surface area contributed by atoms with E-state index < -0.39 is 17.7 Å². The van der Waals surface area contributed by atoms with E-state index in [0.717, 1.165) is 17.8 Å². The van der Waals surface area contributed by atoms with Gasteiger partial charge in [0.25, 0.3) is 5.91 Å². The Morgan fingerprint density at radius 1 is 1.13 bits per heavy atom. The Kier molecular flexibility index (Phi) is 5.28. The fourth-order valence-corrected chi connectivity index (χ4v) is 2.04. The molecule has 2 aromatic rings. The van der Waals surface area contributed by atoms with E-state index in [1.165, 1.54) is 6.07 Å². The van der Waals surface area contributed by atoms with E-state index in [1.54, 1.807) is 24.3 Å². The second-order valence-electron chi connectivity index (χ2n) is 5.34. The molecule has 2 N–H and O–H groups in total. The Morgan fingerprint density at radius 2 is 1.78 bits per heavy atom. The SMILES string of the molecule is CN(C)c1ccc(C(=O)NCC(O)c2ccc(F)c(F)c2)cc1. The fraction of sp³-hybridized carbons (Fsp3) is 0.235. The lowest BCUT2D eigenvalue weighted by atomic mass is 10.1. The molecule has 0 aromatic heterocycles. The molecular formula is C17H18F2N2O2. The van der Waals surface area contributed by atoms with Crippen LogP contribution in [0.15, 0.2) is 42.5 Å². The minimum absolute atomic E-state index is 0.0979. The van der Waals surface area contributed by atoms with Gasteiger partial charge in [-0.2, -0.15) is 0 Å². The number of halogens is 2. The molecule has 4 nitrogen and oxygen atoms in total. The predicted octanol–water partition coefficient (Wildman–Crippen LogP) is 2.49. The smallest absolute Gasteiger partial charge is 0.251 e. The zero-order chi connectivity index (χ0) is 17.0. The number of anilines is 1. The molecule has 23 heavy (non-hydrogen) atoms. The highest BCUT2D eigenvalue weighted by molar-refractivity contribution is 5.94. The van der Waals surface area contributed by atoms with Crippen LogP contribution in [0.2, 0.25) is 0 Å². The van der Waals surface area contributed by atoms with Crippen LogP contribution in [0.5, 0.6) is 0 Å². The molecule has 0 heterocycles. The van der Waals surface area contributed by atoms with E-state index in [0.29, 0.717) is 5.56 Å². The average molecular weight is 320 g/mol. The van der Waals surface area contributed by atoms with Gasteiger partial charge in [-0.25, -0.2) is 8.78 Å². The summed E-state index contributed by atoms with van der Waals surface area (Å²) in [5.41, 5.74) is 1.61. The van der Waals surface area contributed by atoms with Crippen LogP contribution in [0.3, 0.4) is 0 Å². The Bertz CT molecular complexity index is 687. The Hall–Kier alpha value is -2.47. The summed E-state index contributed by atoms with van der Waals surface area (Å²) < 4.78 is 26.0. The van der Waals surface area contributed by atoms with Gasteiger partial charge in [0.15, 0.2) is 11.6 Å². The first-order chi connectivity index (χ1) is 10.9. The van der Waals surface area contributed by atoms with Crippen LogP contribution in [-0.2, 0) is 0 Å². The third-order valence-corrected chi connectivity index (χ3v) is 3.43. The molecule has 1 amide bonds. The molecule has 0 aliphatic rings. The molecule has 0 spiro atoms. The topological polar surface area (TPSA) is 52.6 Å². The lowest BCUT2D eigenvalue weighted by molar-refractivity contribution is 0.0916. The maximum absolute atomic E-state index is 13.1. The van der Waals surface area contributed by atoms with Gasteiger partial charge in [-0.05, 0) is 42.0 Å². The van der Waals surface area contributed by atoms with Crippen molar-refractivity contribution in [3.8, 4) is 0 Å². The average Bonchev–Trinajstić information content (AvgIpc) is 2.54. The molecule has 0 saturated carbocycles. The van der Waals surface area contributed by atoms with Gasteiger partial charge in [-0.3, -0.25) is 4.79 Å². The standard InChI is InChI=1S/C17H18F2N2O2/c1-21(2)13-6-3-11(4-7-13)17(23)20-10-16(22)12-5-8-14(18)15(19)9-12/h3-9,16,22H,10H2,1-2H3,(H,20,23). The first-order valence-corrected chi connectivity index (χ1v) is 7.07. The van der Waals surface area contributed by atoms with Gasteiger partial charge < -0.3 is 15.3 Å². The number of benzene rings is 2. The third kappa shape index (κ3) is 4.26. The molecule has 2 rings (SSSR count). The first kappa shape index (κ1) is 16.9. The van der Waals surface area contributed by atoms with Crippen molar-refractivity contribution in [3.05, 3.63) is 65.2 Å². The molecule has 0 saturated heterocycles. The molecule has 1 atom stereocenters. The van der Waals surface area contributed by atoms with E-state index >= 15 is 0 Å². The first-order valence-electron chi connectivity index (χ1n) is 7.07. The number of amides is 1. The van der Waals surface area contributed by atoms with Crippen LogP contribution in [0, 0.1) is 11.6 Å². The number of carbonyl (C=O) groups excluding carboxylic acids is 1. The monoisotopic (exact) mass is 320 g/mol. The summed E-state index contributed by atoms with van der Waals surface area (Å²) in [6, 6.07) is 10.1. The highest BCUT2D eigenvalue weighted by atomic mass is 19.2. The zero-order valence-electron chi connectivity index (χ0n) is 12.9. The van der Waals surface area contributed by atoms with Crippen LogP contribution >= 0.6 is 0 Å². The molecule has 1 unspecified atom stereocenters. The fourth-order valence-electron chi connectivity index (χ4n) is 2.04. The van der Waals surface area contributed by atoms with Gasteiger partial charge in [-0.15, -0.1) is 0 Å². The summed E-state index contributed by atoms with van der Waals surface area (Å²) in [7, 11) is 3.79. The lowest BCUT2D eigenvalue weighted by Crippen LogP contribution is -2.28. The summed E-state index contributed by atoms with van der Waals surface area (Å²) >= 11 is 0. The van der Waals surface area contributed by atoms with Crippen molar-refractivity contribution in [2.45, 2.75) is 6.10 Å². The highest BCUT2D eigenvalue weighted by Crippen LogP contribution is 2.16. The normalized spacial score (nSPS) is 11.9. The van der Waals surface area contributed by atoms with Crippen molar-refractivity contribution < 1.29 is 18.7 Å². The number of hydrogen-bond donors (Lipinski definition) is 2. The number of rotatable bonds is 5. The van der Waals surface area contributed by atoms with E-state index in [1.807, 2.05) is 19.0 Å². The molecule has 2 aromatic carbocycles. The second kappa shape index (κ2) is 7.19. The Morgan fingerprint density at radius 3 is 2.35 bits per heavy atom. The maximum atomic E-state index is 13.1. The number of hydrogen-bond acceptors (Lipinski definition) is 3. The minimum atomic E-state index is -1.12. The summed E-state index contributed by atoms with van der Waals surface area (Å²) in [5, 5.41) is 12.5. The van der Waals surface area contributed by atoms with E-state index in [4.69, 9.17) is 0 Å². The van der Waals surface area contributed by atoms with Gasteiger partial charge in [-0.1, -0.05) is 6.07 Å². The lowest BCUT2D eigenvalue weighted by Gasteiger charge is -2.14. The molecule has 122 valence electrons. The van der Waals surface area contributed by atoms with Crippen molar-refractivity contribution in [1.82, 2.24) is 5.32 Å². The van der Waals surface area contributed by atoms with Gasteiger partial charge in [0, 0.05) is 31.9 Å². The molecule has 0 fully saturated rings. The molecule has 0 radical (unpaired) electrons. The van der Waals surface area contributed by atoms with E-state index in [9.17, 15) is 18.7 Å². The molecule has 6 heteroatoms. The van der Waals surface area contributed by atoms with Gasteiger partial charge in [0.2, 0.25) is 0 Å². The Labute approximate surface area is 133 Å². The quantitative estimate of drug-likeness (QED) is 0.890. The largest absolute Gasteiger partial charge is 0.387 e. The van der Waals surface area contributed by atoms with Crippen molar-refractivity contribution in [2.24, 2.45) is 0 Å².